The quantitative estimate of drug-likeness (QED) is 0.454. The highest BCUT2D eigenvalue weighted by Crippen LogP contribution is 2.37. The minimum atomic E-state index is -0.895. The van der Waals surface area contributed by atoms with E-state index < -0.39 is 5.97 Å². The van der Waals surface area contributed by atoms with Crippen LogP contribution in [0.2, 0.25) is 0 Å². The lowest BCUT2D eigenvalue weighted by Gasteiger charge is -2.21. The predicted octanol–water partition coefficient (Wildman–Crippen LogP) is 6.61. The zero-order valence-corrected chi connectivity index (χ0v) is 17.2. The van der Waals surface area contributed by atoms with Crippen molar-refractivity contribution in [3.63, 3.8) is 0 Å². The molecule has 0 aromatic heterocycles. The Balaban J connectivity index is 1.91. The van der Waals surface area contributed by atoms with Crippen molar-refractivity contribution in [1.29, 1.82) is 0 Å². The Morgan fingerprint density at radius 2 is 1.65 bits per heavy atom. The summed E-state index contributed by atoms with van der Waals surface area (Å²) in [6.45, 7) is 6.83. The summed E-state index contributed by atoms with van der Waals surface area (Å²) in [5.74, 6) is -0.895. The van der Waals surface area contributed by atoms with Gasteiger partial charge in [0.1, 0.15) is 0 Å². The molecule has 1 aliphatic carbocycles. The average molecular weight is 413 g/mol. The second-order valence-corrected chi connectivity index (χ2v) is 8.87. The molecule has 26 heavy (non-hydrogen) atoms. The summed E-state index contributed by atoms with van der Waals surface area (Å²) in [6.07, 6.45) is 6.83. The maximum Gasteiger partial charge on any atom is 0.335 e. The number of hydrogen-bond acceptors (Lipinski definition) is 1. The Bertz CT molecular complexity index is 861. The molecule has 0 unspecified atom stereocenters. The Morgan fingerprint density at radius 1 is 1.08 bits per heavy atom. The lowest BCUT2D eigenvalue weighted by atomic mass is 9.85. The van der Waals surface area contributed by atoms with Crippen molar-refractivity contribution >= 4 is 33.5 Å². The maximum atomic E-state index is 11.0. The second kappa shape index (κ2) is 7.40. The van der Waals surface area contributed by atoms with Crippen LogP contribution in [0, 0.1) is 5.41 Å². The predicted molar refractivity (Wildman–Crippen MR) is 112 cm³/mol. The van der Waals surface area contributed by atoms with Crippen LogP contribution in [0.3, 0.4) is 0 Å². The smallest absolute Gasteiger partial charge is 0.335 e. The molecule has 0 amide bonds. The fourth-order valence-electron chi connectivity index (χ4n) is 3.55. The Kier molecular flexibility index (Phi) is 5.38. The molecule has 3 heteroatoms. The van der Waals surface area contributed by atoms with Gasteiger partial charge in [0.2, 0.25) is 0 Å². The molecule has 0 fully saturated rings. The van der Waals surface area contributed by atoms with E-state index in [1.165, 1.54) is 35.1 Å². The van der Waals surface area contributed by atoms with Gasteiger partial charge in [-0.05, 0) is 84.0 Å². The molecule has 1 aliphatic rings. The van der Waals surface area contributed by atoms with Crippen LogP contribution in [-0.2, 0) is 12.8 Å². The fraction of sp³-hybridized carbons (Fsp3) is 0.348. The minimum Gasteiger partial charge on any atom is -0.478 e. The maximum absolute atomic E-state index is 11.0. The van der Waals surface area contributed by atoms with Gasteiger partial charge >= 0.3 is 5.97 Å². The molecule has 0 spiro atoms. The van der Waals surface area contributed by atoms with E-state index in [1.807, 2.05) is 12.1 Å². The van der Waals surface area contributed by atoms with Gasteiger partial charge in [0.15, 0.2) is 0 Å². The zero-order chi connectivity index (χ0) is 18.9. The largest absolute Gasteiger partial charge is 0.478 e. The molecule has 0 aliphatic heterocycles. The van der Waals surface area contributed by atoms with Gasteiger partial charge in [0.25, 0.3) is 0 Å². The first-order valence-corrected chi connectivity index (χ1v) is 9.88. The molecule has 0 radical (unpaired) electrons. The Hall–Kier alpha value is -1.87. The lowest BCUT2D eigenvalue weighted by Crippen LogP contribution is -2.10. The van der Waals surface area contributed by atoms with Gasteiger partial charge in [0.05, 0.1) is 5.56 Å². The summed E-state index contributed by atoms with van der Waals surface area (Å²) in [7, 11) is 0. The number of aryl methyl sites for hydroxylation is 2. The van der Waals surface area contributed by atoms with Crippen LogP contribution in [-0.4, -0.2) is 11.1 Å². The molecule has 0 saturated carbocycles. The highest BCUT2D eigenvalue weighted by atomic mass is 79.9. The van der Waals surface area contributed by atoms with E-state index in [2.05, 4.69) is 54.9 Å². The molecular weight excluding hydrogens is 388 g/mol. The molecule has 0 heterocycles. The van der Waals surface area contributed by atoms with Crippen LogP contribution in [0.25, 0.3) is 11.6 Å². The van der Waals surface area contributed by atoms with E-state index in [-0.39, 0.29) is 0 Å². The number of hydrogen-bond donors (Lipinski definition) is 1. The molecule has 0 bridgehead atoms. The first-order chi connectivity index (χ1) is 12.2. The second-order valence-electron chi connectivity index (χ2n) is 8.02. The van der Waals surface area contributed by atoms with Gasteiger partial charge in [-0.3, -0.25) is 0 Å². The normalized spacial score (nSPS) is 16.7. The Morgan fingerprint density at radius 3 is 2.23 bits per heavy atom. The SMILES string of the molecule is CC(=Cc1ccc(C(=O)O)cc1)c1cc2c(cc1Br)CCC(C)(C)CC2. The van der Waals surface area contributed by atoms with Gasteiger partial charge in [0, 0.05) is 4.47 Å². The summed E-state index contributed by atoms with van der Waals surface area (Å²) in [4.78, 5) is 11.0. The number of benzene rings is 2. The Labute approximate surface area is 164 Å². The molecule has 2 aromatic carbocycles. The van der Waals surface area contributed by atoms with Crippen LogP contribution in [0.15, 0.2) is 40.9 Å². The molecule has 2 nitrogen and oxygen atoms in total. The molecule has 0 saturated heterocycles. The fourth-order valence-corrected chi connectivity index (χ4v) is 4.25. The molecule has 2 aromatic rings. The first kappa shape index (κ1) is 18.9. The number of allylic oxidation sites excluding steroid dienone is 1. The third kappa shape index (κ3) is 4.27. The van der Waals surface area contributed by atoms with Gasteiger partial charge < -0.3 is 5.11 Å². The highest BCUT2D eigenvalue weighted by Gasteiger charge is 2.23. The van der Waals surface area contributed by atoms with E-state index in [4.69, 9.17) is 5.11 Å². The number of aromatic carboxylic acids is 1. The average Bonchev–Trinajstić information content (AvgIpc) is 2.73. The summed E-state index contributed by atoms with van der Waals surface area (Å²) in [6, 6.07) is 11.6. The number of carboxylic acid groups (broad SMARTS) is 1. The zero-order valence-electron chi connectivity index (χ0n) is 15.6. The van der Waals surface area contributed by atoms with Crippen LogP contribution in [0.4, 0.5) is 0 Å². The summed E-state index contributed by atoms with van der Waals surface area (Å²) < 4.78 is 1.13. The number of carbonyl (C=O) groups is 1. The van der Waals surface area contributed by atoms with Gasteiger partial charge in [-0.1, -0.05) is 54.1 Å². The number of carboxylic acids is 1. The number of fused-ring (bicyclic) bond motifs is 1. The molecule has 3 rings (SSSR count). The summed E-state index contributed by atoms with van der Waals surface area (Å²) >= 11 is 3.76. The van der Waals surface area contributed by atoms with Crippen molar-refractivity contribution in [2.45, 2.75) is 46.5 Å². The van der Waals surface area contributed by atoms with Crippen LogP contribution in [0.5, 0.6) is 0 Å². The van der Waals surface area contributed by atoms with Crippen LogP contribution < -0.4 is 0 Å². The van der Waals surface area contributed by atoms with E-state index in [0.29, 0.717) is 11.0 Å². The van der Waals surface area contributed by atoms with Crippen molar-refractivity contribution in [2.75, 3.05) is 0 Å². The van der Waals surface area contributed by atoms with Gasteiger partial charge in [-0.15, -0.1) is 0 Å². The third-order valence-corrected chi connectivity index (χ3v) is 6.05. The van der Waals surface area contributed by atoms with Crippen molar-refractivity contribution < 1.29 is 9.90 Å². The van der Waals surface area contributed by atoms with Crippen molar-refractivity contribution in [1.82, 2.24) is 0 Å². The van der Waals surface area contributed by atoms with Crippen LogP contribution in [0.1, 0.15) is 66.2 Å². The van der Waals surface area contributed by atoms with Crippen molar-refractivity contribution in [3.8, 4) is 0 Å². The van der Waals surface area contributed by atoms with Gasteiger partial charge in [-0.2, -0.15) is 0 Å². The van der Waals surface area contributed by atoms with Crippen molar-refractivity contribution in [2.24, 2.45) is 5.41 Å². The van der Waals surface area contributed by atoms with Gasteiger partial charge in [-0.25, -0.2) is 4.79 Å². The monoisotopic (exact) mass is 412 g/mol. The van der Waals surface area contributed by atoms with Crippen molar-refractivity contribution in [3.05, 3.63) is 68.7 Å². The van der Waals surface area contributed by atoms with Crippen LogP contribution >= 0.6 is 15.9 Å². The van der Waals surface area contributed by atoms with E-state index in [1.54, 1.807) is 12.1 Å². The molecule has 1 N–H and O–H groups in total. The third-order valence-electron chi connectivity index (χ3n) is 5.40. The first-order valence-electron chi connectivity index (χ1n) is 9.08. The summed E-state index contributed by atoms with van der Waals surface area (Å²) in [5, 5.41) is 9.02. The summed E-state index contributed by atoms with van der Waals surface area (Å²) in [5.41, 5.74) is 7.04. The lowest BCUT2D eigenvalue weighted by molar-refractivity contribution is 0.0697. The highest BCUT2D eigenvalue weighted by molar-refractivity contribution is 9.10. The number of rotatable bonds is 3. The number of halogens is 1. The molecular formula is C23H25BrO2. The topological polar surface area (TPSA) is 37.3 Å². The molecule has 136 valence electrons. The van der Waals surface area contributed by atoms with E-state index in [9.17, 15) is 4.79 Å². The van der Waals surface area contributed by atoms with E-state index in [0.717, 1.165) is 22.9 Å². The van der Waals surface area contributed by atoms with E-state index >= 15 is 0 Å². The minimum absolute atomic E-state index is 0.314. The molecule has 0 atom stereocenters. The standard InChI is InChI=1S/C23H25BrO2/c1-15(12-16-4-6-17(7-5-16)22(25)26)20-13-18-8-10-23(2,3)11-9-19(18)14-21(20)24/h4-7,12-14H,8-11H2,1-3H3,(H,25,26).